The van der Waals surface area contributed by atoms with Gasteiger partial charge in [-0.2, -0.15) is 0 Å². The number of carboxylic acids is 1. The number of ether oxygens (including phenoxy) is 1. The van der Waals surface area contributed by atoms with Crippen LogP contribution < -0.4 is 0 Å². The molecule has 1 heterocycles. The van der Waals surface area contributed by atoms with Gasteiger partial charge in [0.2, 0.25) is 5.78 Å². The Morgan fingerprint density at radius 2 is 1.96 bits per heavy atom. The zero-order chi connectivity index (χ0) is 17.9. The summed E-state index contributed by atoms with van der Waals surface area (Å²) in [5, 5.41) is 40.6. The summed E-state index contributed by atoms with van der Waals surface area (Å²) < 4.78 is 5.36. The highest BCUT2D eigenvalue weighted by atomic mass is 16.5. The van der Waals surface area contributed by atoms with Gasteiger partial charge >= 0.3 is 5.97 Å². The number of Topliss-reactive ketones (excluding diaryl/α,β-unsaturated/α-hetero) is 2. The van der Waals surface area contributed by atoms with Crippen molar-refractivity contribution < 1.29 is 39.5 Å². The largest absolute Gasteiger partial charge is 0.507 e. The molecule has 0 aromatic heterocycles. The lowest BCUT2D eigenvalue weighted by Gasteiger charge is -2.52. The maximum atomic E-state index is 12.8. The van der Waals surface area contributed by atoms with Gasteiger partial charge in [0.1, 0.15) is 5.75 Å². The van der Waals surface area contributed by atoms with Crippen LogP contribution in [0.15, 0.2) is 18.2 Å². The highest BCUT2D eigenvalue weighted by Crippen LogP contribution is 2.47. The molecule has 8 heteroatoms. The summed E-state index contributed by atoms with van der Waals surface area (Å²) in [6, 6.07) is 3.79. The smallest absolute Gasteiger partial charge is 0.305 e. The number of phenols is 1. The summed E-state index contributed by atoms with van der Waals surface area (Å²) in [5.74, 6) is -3.66. The first-order valence-electron chi connectivity index (χ1n) is 7.36. The summed E-state index contributed by atoms with van der Waals surface area (Å²) in [5.41, 5.74) is -5.72. The first-order valence-corrected chi connectivity index (χ1v) is 7.36. The third-order valence-corrected chi connectivity index (χ3v) is 4.78. The molecule has 1 aliphatic carbocycles. The zero-order valence-corrected chi connectivity index (χ0v) is 12.7. The van der Waals surface area contributed by atoms with Gasteiger partial charge < -0.3 is 25.2 Å². The van der Waals surface area contributed by atoms with Gasteiger partial charge in [-0.3, -0.25) is 14.4 Å². The van der Waals surface area contributed by atoms with Crippen molar-refractivity contribution in [2.75, 3.05) is 0 Å². The van der Waals surface area contributed by atoms with Crippen LogP contribution in [0.2, 0.25) is 0 Å². The molecule has 128 valence electrons. The monoisotopic (exact) mass is 336 g/mol. The predicted molar refractivity (Wildman–Crippen MR) is 77.9 cm³/mol. The Bertz CT molecular complexity index is 756. The minimum absolute atomic E-state index is 0.213. The number of ketones is 2. The Morgan fingerprint density at radius 1 is 1.29 bits per heavy atom. The second kappa shape index (κ2) is 5.10. The normalized spacial score (nSPS) is 35.3. The molecule has 1 aromatic rings. The van der Waals surface area contributed by atoms with Crippen LogP contribution in [0.4, 0.5) is 0 Å². The SMILES string of the molecule is C[C@@H]1O[C@H](CC(=O)O)C[C@]2(O)C(=O)c3cccc(O)c3C(=O)[C@]12O. The van der Waals surface area contributed by atoms with E-state index in [2.05, 4.69) is 0 Å². The van der Waals surface area contributed by atoms with E-state index in [-0.39, 0.29) is 11.1 Å². The van der Waals surface area contributed by atoms with Crippen molar-refractivity contribution in [2.45, 2.75) is 43.2 Å². The number of carbonyl (C=O) groups is 3. The molecule has 0 saturated carbocycles. The van der Waals surface area contributed by atoms with E-state index in [0.717, 1.165) is 0 Å². The molecule has 3 rings (SSSR count). The molecule has 1 saturated heterocycles. The summed E-state index contributed by atoms with van der Waals surface area (Å²) in [6.45, 7) is 1.27. The molecule has 0 spiro atoms. The minimum atomic E-state index is -2.61. The highest BCUT2D eigenvalue weighted by Gasteiger charge is 2.69. The number of rotatable bonds is 2. The number of hydrogen-bond donors (Lipinski definition) is 4. The van der Waals surface area contributed by atoms with Crippen LogP contribution in [0.1, 0.15) is 40.5 Å². The van der Waals surface area contributed by atoms with Crippen LogP contribution >= 0.6 is 0 Å². The molecule has 1 aromatic carbocycles. The summed E-state index contributed by atoms with van der Waals surface area (Å²) in [6.07, 6.45) is -3.42. The fourth-order valence-corrected chi connectivity index (χ4v) is 3.59. The average Bonchev–Trinajstić information content (AvgIpc) is 2.49. The number of phenolic OH excluding ortho intramolecular Hbond substituents is 1. The van der Waals surface area contributed by atoms with Gasteiger partial charge in [0.25, 0.3) is 0 Å². The number of benzene rings is 1. The predicted octanol–water partition coefficient (Wildman–Crippen LogP) is -0.114. The fourth-order valence-electron chi connectivity index (χ4n) is 3.59. The Labute approximate surface area is 136 Å². The number of hydrogen-bond acceptors (Lipinski definition) is 7. The maximum Gasteiger partial charge on any atom is 0.305 e. The molecule has 1 fully saturated rings. The second-order valence-corrected chi connectivity index (χ2v) is 6.19. The van der Waals surface area contributed by atoms with Crippen molar-refractivity contribution in [2.24, 2.45) is 0 Å². The van der Waals surface area contributed by atoms with Gasteiger partial charge in [0, 0.05) is 12.0 Å². The van der Waals surface area contributed by atoms with Crippen LogP contribution in [-0.2, 0) is 9.53 Å². The molecule has 0 bridgehead atoms. The van der Waals surface area contributed by atoms with E-state index in [1.165, 1.54) is 25.1 Å². The van der Waals surface area contributed by atoms with Crippen LogP contribution in [0.5, 0.6) is 5.75 Å². The standard InChI is InChI=1S/C16H16O8/c1-7-16(23)14(21)12-9(3-2-4-10(12)17)13(20)15(16,22)6-8(24-7)5-11(18)19/h2-4,7-8,17,22-23H,5-6H2,1H3,(H,18,19)/t7-,8+,15-,16+/m0/s1. The number of aromatic hydroxyl groups is 1. The highest BCUT2D eigenvalue weighted by molar-refractivity contribution is 6.23. The summed E-state index contributed by atoms with van der Waals surface area (Å²) in [7, 11) is 0. The lowest BCUT2D eigenvalue weighted by Crippen LogP contribution is -2.75. The Hall–Kier alpha value is -2.29. The first-order chi connectivity index (χ1) is 11.1. The fraction of sp³-hybridized carbons (Fsp3) is 0.438. The topological polar surface area (TPSA) is 141 Å². The number of aliphatic carboxylic acids is 1. The molecule has 0 unspecified atom stereocenters. The molecule has 8 nitrogen and oxygen atoms in total. The lowest BCUT2D eigenvalue weighted by atomic mass is 9.61. The quantitative estimate of drug-likeness (QED) is 0.586. The third kappa shape index (κ3) is 1.94. The molecule has 0 amide bonds. The van der Waals surface area contributed by atoms with Crippen LogP contribution in [-0.4, -0.2) is 61.4 Å². The van der Waals surface area contributed by atoms with Crippen molar-refractivity contribution in [3.05, 3.63) is 29.3 Å². The van der Waals surface area contributed by atoms with Crippen molar-refractivity contribution in [1.29, 1.82) is 0 Å². The average molecular weight is 336 g/mol. The van der Waals surface area contributed by atoms with E-state index < -0.39 is 59.5 Å². The van der Waals surface area contributed by atoms with E-state index in [1.54, 1.807) is 0 Å². The van der Waals surface area contributed by atoms with Gasteiger partial charge in [0.15, 0.2) is 17.0 Å². The van der Waals surface area contributed by atoms with Crippen molar-refractivity contribution in [1.82, 2.24) is 0 Å². The van der Waals surface area contributed by atoms with E-state index >= 15 is 0 Å². The Balaban J connectivity index is 2.18. The van der Waals surface area contributed by atoms with Crippen LogP contribution in [0.25, 0.3) is 0 Å². The number of aliphatic hydroxyl groups is 2. The molecule has 2 aliphatic rings. The van der Waals surface area contributed by atoms with E-state index in [4.69, 9.17) is 9.84 Å². The molecule has 0 radical (unpaired) electrons. The summed E-state index contributed by atoms with van der Waals surface area (Å²) >= 11 is 0. The second-order valence-electron chi connectivity index (χ2n) is 6.19. The zero-order valence-electron chi connectivity index (χ0n) is 12.7. The molecule has 4 N–H and O–H groups in total. The maximum absolute atomic E-state index is 12.8. The van der Waals surface area contributed by atoms with Crippen LogP contribution in [0, 0.1) is 0 Å². The summed E-state index contributed by atoms with van der Waals surface area (Å²) in [4.78, 5) is 36.4. The van der Waals surface area contributed by atoms with E-state index in [9.17, 15) is 29.7 Å². The minimum Gasteiger partial charge on any atom is -0.507 e. The Kier molecular flexibility index (Phi) is 3.52. The van der Waals surface area contributed by atoms with Crippen molar-refractivity contribution >= 4 is 17.5 Å². The van der Waals surface area contributed by atoms with Crippen LogP contribution in [0.3, 0.4) is 0 Å². The van der Waals surface area contributed by atoms with Crippen molar-refractivity contribution in [3.63, 3.8) is 0 Å². The van der Waals surface area contributed by atoms with Gasteiger partial charge in [0.05, 0.1) is 24.2 Å². The van der Waals surface area contributed by atoms with Gasteiger partial charge in [-0.25, -0.2) is 0 Å². The Morgan fingerprint density at radius 3 is 2.58 bits per heavy atom. The lowest BCUT2D eigenvalue weighted by molar-refractivity contribution is -0.228. The molecular formula is C16H16O8. The molecule has 24 heavy (non-hydrogen) atoms. The van der Waals surface area contributed by atoms with Gasteiger partial charge in [-0.05, 0) is 13.0 Å². The van der Waals surface area contributed by atoms with Gasteiger partial charge in [-0.1, -0.05) is 12.1 Å². The molecule has 4 atom stereocenters. The molecule has 1 aliphatic heterocycles. The first kappa shape index (κ1) is 16.6. The van der Waals surface area contributed by atoms with Gasteiger partial charge in [-0.15, -0.1) is 0 Å². The number of carboxylic acid groups (broad SMARTS) is 1. The number of carbonyl (C=O) groups excluding carboxylic acids is 2. The van der Waals surface area contributed by atoms with E-state index in [1.807, 2.05) is 0 Å². The third-order valence-electron chi connectivity index (χ3n) is 4.78. The van der Waals surface area contributed by atoms with Crippen molar-refractivity contribution in [3.8, 4) is 5.75 Å². The molecular weight excluding hydrogens is 320 g/mol. The number of fused-ring (bicyclic) bond motifs is 2. The van der Waals surface area contributed by atoms with E-state index in [0.29, 0.717) is 0 Å².